The van der Waals surface area contributed by atoms with Gasteiger partial charge in [0.1, 0.15) is 6.61 Å². The predicted octanol–water partition coefficient (Wildman–Crippen LogP) is 9.99. The zero-order valence-electron chi connectivity index (χ0n) is 35.0. The van der Waals surface area contributed by atoms with Crippen molar-refractivity contribution in [2.24, 2.45) is 5.73 Å². The molecule has 0 saturated heterocycles. The second-order valence-electron chi connectivity index (χ2n) is 13.9. The lowest BCUT2D eigenvalue weighted by Crippen LogP contribution is -2.29. The summed E-state index contributed by atoms with van der Waals surface area (Å²) in [5.41, 5.74) is 5.33. The van der Waals surface area contributed by atoms with Crippen LogP contribution in [-0.4, -0.2) is 71.7 Å². The first-order chi connectivity index (χ1) is 27.6. The fraction of sp³-hybridized carbons (Fsp3) is 0.644. The molecule has 5 N–H and O–H groups in total. The van der Waals surface area contributed by atoms with Crippen molar-refractivity contribution < 1.29 is 47.8 Å². The average molecular weight is 822 g/mol. The van der Waals surface area contributed by atoms with Crippen molar-refractivity contribution in [3.05, 3.63) is 85.1 Å². The van der Waals surface area contributed by atoms with Crippen LogP contribution in [0.25, 0.3) is 0 Å². The highest BCUT2D eigenvalue weighted by Gasteiger charge is 2.26. The molecule has 0 spiro atoms. The van der Waals surface area contributed by atoms with E-state index in [1.807, 2.05) is 42.5 Å². The number of carbonyl (C=O) groups excluding carboxylic acids is 2. The largest absolute Gasteiger partial charge is 0.472 e. The number of rotatable bonds is 38. The van der Waals surface area contributed by atoms with Crippen molar-refractivity contribution >= 4 is 19.8 Å². The Morgan fingerprint density at radius 2 is 1.26 bits per heavy atom. The average Bonchev–Trinajstić information content (AvgIpc) is 3.18. The van der Waals surface area contributed by atoms with Crippen molar-refractivity contribution in [1.82, 2.24) is 0 Å². The molecule has 0 bridgehead atoms. The van der Waals surface area contributed by atoms with Crippen LogP contribution in [0.2, 0.25) is 0 Å². The molecule has 0 saturated carbocycles. The molecule has 0 rings (SSSR count). The van der Waals surface area contributed by atoms with Gasteiger partial charge in [-0.05, 0) is 64.2 Å². The number of hydrogen-bond donors (Lipinski definition) is 4. The highest BCUT2D eigenvalue weighted by atomic mass is 31.2. The molecule has 1 unspecified atom stereocenters. The van der Waals surface area contributed by atoms with Crippen molar-refractivity contribution in [2.45, 2.75) is 161 Å². The summed E-state index contributed by atoms with van der Waals surface area (Å²) in [7, 11) is -4.44. The lowest BCUT2D eigenvalue weighted by Gasteiger charge is -2.19. The maximum Gasteiger partial charge on any atom is 0.472 e. The van der Waals surface area contributed by atoms with Crippen LogP contribution in [0.3, 0.4) is 0 Å². The van der Waals surface area contributed by atoms with Crippen LogP contribution < -0.4 is 5.73 Å². The van der Waals surface area contributed by atoms with Gasteiger partial charge in [-0.2, -0.15) is 0 Å². The van der Waals surface area contributed by atoms with E-state index in [-0.39, 0.29) is 32.6 Å². The second-order valence-corrected chi connectivity index (χ2v) is 15.3. The molecular weight excluding hydrogens is 745 g/mol. The minimum atomic E-state index is -4.44. The number of carbonyl (C=O) groups is 2. The van der Waals surface area contributed by atoms with Gasteiger partial charge in [0.2, 0.25) is 0 Å². The van der Waals surface area contributed by atoms with Crippen LogP contribution in [0.5, 0.6) is 0 Å². The summed E-state index contributed by atoms with van der Waals surface area (Å²) in [4.78, 5) is 34.8. The maximum absolute atomic E-state index is 12.6. The van der Waals surface area contributed by atoms with E-state index >= 15 is 0 Å². The lowest BCUT2D eigenvalue weighted by atomic mass is 10.1. The molecule has 12 heteroatoms. The number of hydrogen-bond acceptors (Lipinski definition) is 10. The molecule has 0 radical (unpaired) electrons. The molecule has 11 nitrogen and oxygen atoms in total. The minimum absolute atomic E-state index is 0.0152. The lowest BCUT2D eigenvalue weighted by molar-refractivity contribution is -0.161. The van der Waals surface area contributed by atoms with E-state index in [0.717, 1.165) is 32.1 Å². The number of allylic oxidation sites excluding steroid dienone is 10. The topological polar surface area (TPSA) is 175 Å². The van der Waals surface area contributed by atoms with Gasteiger partial charge in [-0.15, -0.1) is 0 Å². The Hall–Kier alpha value is -2.89. The molecule has 0 aliphatic carbocycles. The summed E-state index contributed by atoms with van der Waals surface area (Å²) in [6, 6.07) is 0. The van der Waals surface area contributed by atoms with Crippen molar-refractivity contribution in [2.75, 3.05) is 26.4 Å². The van der Waals surface area contributed by atoms with Gasteiger partial charge < -0.3 is 30.3 Å². The van der Waals surface area contributed by atoms with Crippen LogP contribution in [0.1, 0.15) is 142 Å². The summed E-state index contributed by atoms with van der Waals surface area (Å²) < 4.78 is 32.6. The van der Waals surface area contributed by atoms with Gasteiger partial charge in [-0.1, -0.05) is 150 Å². The Morgan fingerprint density at radius 1 is 0.649 bits per heavy atom. The van der Waals surface area contributed by atoms with Gasteiger partial charge in [0.25, 0.3) is 0 Å². The molecule has 0 aliphatic rings. The van der Waals surface area contributed by atoms with E-state index in [1.54, 1.807) is 30.4 Å². The van der Waals surface area contributed by atoms with Crippen LogP contribution in [0, 0.1) is 0 Å². The normalized spacial score (nSPS) is 15.3. The van der Waals surface area contributed by atoms with Crippen LogP contribution in [-0.2, 0) is 32.7 Å². The Labute approximate surface area is 344 Å². The minimum Gasteiger partial charge on any atom is -0.462 e. The molecule has 0 amide bonds. The third kappa shape index (κ3) is 39.7. The molecule has 4 atom stereocenters. The molecule has 0 fully saturated rings. The first-order valence-corrected chi connectivity index (χ1v) is 22.8. The number of unbranched alkanes of at least 4 members (excludes halogenated alkanes) is 12. The van der Waals surface area contributed by atoms with Gasteiger partial charge in [-0.3, -0.25) is 18.6 Å². The van der Waals surface area contributed by atoms with E-state index in [0.29, 0.717) is 32.1 Å². The third-order valence-corrected chi connectivity index (χ3v) is 9.42. The second kappa shape index (κ2) is 39.9. The molecule has 0 aromatic rings. The van der Waals surface area contributed by atoms with E-state index < -0.39 is 44.7 Å². The number of aliphatic hydroxyl groups is 2. The number of aliphatic hydroxyl groups excluding tert-OH is 2. The van der Waals surface area contributed by atoms with Gasteiger partial charge in [0.15, 0.2) is 6.10 Å². The van der Waals surface area contributed by atoms with E-state index in [2.05, 4.69) is 26.0 Å². The van der Waals surface area contributed by atoms with Crippen LogP contribution >= 0.6 is 7.82 Å². The molecule has 326 valence electrons. The molecule has 0 heterocycles. The van der Waals surface area contributed by atoms with Crippen molar-refractivity contribution in [3.8, 4) is 0 Å². The van der Waals surface area contributed by atoms with Crippen LogP contribution in [0.4, 0.5) is 0 Å². The Morgan fingerprint density at radius 3 is 1.93 bits per heavy atom. The number of ether oxygens (including phenoxy) is 2. The zero-order chi connectivity index (χ0) is 42.1. The summed E-state index contributed by atoms with van der Waals surface area (Å²) in [6.45, 7) is 3.27. The SMILES string of the molecule is CC/C=C\C[C@H](O)/C=C/C=C\C/C=C\C=C\[C@H](O)/C=C\CCCC(=O)O[C@H](COC(=O)CCCCCCCCC/C=C\CCCCCC)COP(=O)(O)OCCN. The molecule has 0 aromatic carbocycles. The Balaban J connectivity index is 4.46. The number of esters is 2. The zero-order valence-corrected chi connectivity index (χ0v) is 35.9. The number of phosphoric ester groups is 1. The van der Waals surface area contributed by atoms with E-state index in [4.69, 9.17) is 24.3 Å². The summed E-state index contributed by atoms with van der Waals surface area (Å²) in [5.74, 6) is -1.03. The van der Waals surface area contributed by atoms with Crippen LogP contribution in [0.15, 0.2) is 85.1 Å². The quantitative estimate of drug-likeness (QED) is 0.0153. The van der Waals surface area contributed by atoms with Gasteiger partial charge >= 0.3 is 19.8 Å². The first kappa shape index (κ1) is 54.1. The van der Waals surface area contributed by atoms with Gasteiger partial charge in [0.05, 0.1) is 25.4 Å². The fourth-order valence-electron chi connectivity index (χ4n) is 5.25. The highest BCUT2D eigenvalue weighted by Crippen LogP contribution is 2.43. The number of nitrogens with two attached hydrogens (primary N) is 1. The number of phosphoric acid groups is 1. The van der Waals surface area contributed by atoms with Gasteiger partial charge in [-0.25, -0.2) is 4.57 Å². The smallest absolute Gasteiger partial charge is 0.462 e. The fourth-order valence-corrected chi connectivity index (χ4v) is 6.02. The third-order valence-electron chi connectivity index (χ3n) is 8.44. The van der Waals surface area contributed by atoms with Gasteiger partial charge in [0, 0.05) is 19.4 Å². The monoisotopic (exact) mass is 822 g/mol. The first-order valence-electron chi connectivity index (χ1n) is 21.3. The van der Waals surface area contributed by atoms with Crippen molar-refractivity contribution in [1.29, 1.82) is 0 Å². The Kier molecular flexibility index (Phi) is 37.9. The molecule has 0 aromatic heterocycles. The predicted molar refractivity (Wildman–Crippen MR) is 231 cm³/mol. The van der Waals surface area contributed by atoms with E-state index in [1.165, 1.54) is 51.4 Å². The molecule has 0 aliphatic heterocycles. The summed E-state index contributed by atoms with van der Waals surface area (Å²) in [6.07, 6.45) is 42.6. The maximum atomic E-state index is 12.6. The summed E-state index contributed by atoms with van der Waals surface area (Å²) >= 11 is 0. The molecule has 57 heavy (non-hydrogen) atoms. The standard InChI is InChI=1S/C45H76NO10P/c1-3-5-7-8-9-10-11-12-13-14-15-16-20-23-29-35-44(49)53-39-43(40-55-57(51,52)54-38-37-46)56-45(50)36-30-24-28-34-42(48)33-27-22-19-17-18-21-26-32-41(47)31-25-6-4-2/h6,10-11,18-19,21-22,25-28,32-34,41-43,47-48H,3-5,7-9,12-17,20,23-24,29-31,35-40,46H2,1-2H3,(H,51,52)/b11-10-,21-18-,22-19-,25-6-,32-26+,33-27+,34-28-/t41-,42-,43+/m0/s1. The summed E-state index contributed by atoms with van der Waals surface area (Å²) in [5, 5.41) is 20.0. The van der Waals surface area contributed by atoms with E-state index in [9.17, 15) is 29.3 Å². The van der Waals surface area contributed by atoms with Crippen molar-refractivity contribution in [3.63, 3.8) is 0 Å². The highest BCUT2D eigenvalue weighted by molar-refractivity contribution is 7.47. The molecular formula is C45H76NO10P. The Bertz CT molecular complexity index is 1240.